The molecule has 0 spiro atoms. The van der Waals surface area contributed by atoms with E-state index in [-0.39, 0.29) is 0 Å². The van der Waals surface area contributed by atoms with E-state index in [2.05, 4.69) is 20.4 Å². The Bertz CT molecular complexity index is 484. The zero-order valence-electron chi connectivity index (χ0n) is 9.71. The fourth-order valence-electron chi connectivity index (χ4n) is 1.46. The van der Waals surface area contributed by atoms with E-state index in [0.29, 0.717) is 18.2 Å². The molecule has 2 aromatic rings. The molecule has 0 saturated carbocycles. The van der Waals surface area contributed by atoms with E-state index in [1.807, 2.05) is 29.8 Å². The van der Waals surface area contributed by atoms with Gasteiger partial charge in [-0.25, -0.2) is 20.8 Å². The Balaban J connectivity index is 2.18. The number of hydrogen-bond donors (Lipinski definition) is 2. The van der Waals surface area contributed by atoms with Crippen LogP contribution in [0, 0.1) is 6.92 Å². The van der Waals surface area contributed by atoms with Crippen molar-refractivity contribution in [2.75, 3.05) is 17.4 Å². The summed E-state index contributed by atoms with van der Waals surface area (Å²) in [6.07, 6.45) is 0. The second-order valence-electron chi connectivity index (χ2n) is 3.64. The monoisotopic (exact) mass is 250 g/mol. The molecule has 0 unspecified atom stereocenters. The number of nitrogens with two attached hydrogens (primary N) is 1. The summed E-state index contributed by atoms with van der Waals surface area (Å²) in [5.74, 6) is 7.46. The number of aromatic nitrogens is 3. The molecule has 90 valence electrons. The van der Waals surface area contributed by atoms with Crippen LogP contribution in [0.15, 0.2) is 17.0 Å². The van der Waals surface area contributed by atoms with Gasteiger partial charge in [-0.15, -0.1) is 11.3 Å². The number of anilines is 2. The zero-order valence-corrected chi connectivity index (χ0v) is 10.5. The Hall–Kier alpha value is -1.73. The molecule has 2 rings (SSSR count). The summed E-state index contributed by atoms with van der Waals surface area (Å²) in [7, 11) is 1.96. The Morgan fingerprint density at radius 2 is 2.29 bits per heavy atom. The van der Waals surface area contributed by atoms with Crippen molar-refractivity contribution in [1.82, 2.24) is 15.0 Å². The molecule has 0 aromatic carbocycles. The molecule has 0 fully saturated rings. The normalized spacial score (nSPS) is 10.3. The average molecular weight is 250 g/mol. The third-order valence-corrected chi connectivity index (χ3v) is 2.88. The van der Waals surface area contributed by atoms with Crippen molar-refractivity contribution in [2.24, 2.45) is 5.84 Å². The highest BCUT2D eigenvalue weighted by atomic mass is 32.1. The van der Waals surface area contributed by atoms with Gasteiger partial charge in [-0.1, -0.05) is 0 Å². The van der Waals surface area contributed by atoms with Gasteiger partial charge < -0.3 is 10.3 Å². The van der Waals surface area contributed by atoms with Gasteiger partial charge in [-0.2, -0.15) is 0 Å². The first-order valence-electron chi connectivity index (χ1n) is 5.09. The molecule has 2 heterocycles. The van der Waals surface area contributed by atoms with E-state index in [1.165, 1.54) is 0 Å². The zero-order chi connectivity index (χ0) is 12.3. The third-order valence-electron chi connectivity index (χ3n) is 2.25. The molecule has 0 amide bonds. The van der Waals surface area contributed by atoms with E-state index in [0.717, 1.165) is 11.5 Å². The van der Waals surface area contributed by atoms with Crippen molar-refractivity contribution in [3.63, 3.8) is 0 Å². The summed E-state index contributed by atoms with van der Waals surface area (Å²) >= 11 is 1.58. The summed E-state index contributed by atoms with van der Waals surface area (Å²) in [4.78, 5) is 14.7. The lowest BCUT2D eigenvalue weighted by molar-refractivity contribution is 0.860. The van der Waals surface area contributed by atoms with E-state index in [9.17, 15) is 0 Å². The van der Waals surface area contributed by atoms with Gasteiger partial charge in [0.1, 0.15) is 17.5 Å². The van der Waals surface area contributed by atoms with Crippen LogP contribution >= 0.6 is 11.3 Å². The quantitative estimate of drug-likeness (QED) is 0.626. The van der Waals surface area contributed by atoms with Gasteiger partial charge in [0.05, 0.1) is 17.7 Å². The van der Waals surface area contributed by atoms with E-state index in [4.69, 9.17) is 5.84 Å². The highest BCUT2D eigenvalue weighted by molar-refractivity contribution is 7.07. The Morgan fingerprint density at radius 1 is 1.47 bits per heavy atom. The number of nitrogens with zero attached hydrogens (tertiary/aromatic N) is 4. The lowest BCUT2D eigenvalue weighted by Crippen LogP contribution is -2.19. The third kappa shape index (κ3) is 2.89. The topological polar surface area (TPSA) is 80.0 Å². The maximum Gasteiger partial charge on any atom is 0.145 e. The predicted molar refractivity (Wildman–Crippen MR) is 68.8 cm³/mol. The van der Waals surface area contributed by atoms with Crippen LogP contribution in [0.2, 0.25) is 0 Å². The van der Waals surface area contributed by atoms with Gasteiger partial charge in [-0.05, 0) is 6.92 Å². The minimum atomic E-state index is 0.609. The van der Waals surface area contributed by atoms with Crippen LogP contribution in [0.4, 0.5) is 11.6 Å². The van der Waals surface area contributed by atoms with Gasteiger partial charge >= 0.3 is 0 Å². The van der Waals surface area contributed by atoms with Crippen molar-refractivity contribution < 1.29 is 0 Å². The van der Waals surface area contributed by atoms with Gasteiger partial charge in [0, 0.05) is 18.5 Å². The van der Waals surface area contributed by atoms with E-state index >= 15 is 0 Å². The van der Waals surface area contributed by atoms with Crippen molar-refractivity contribution in [3.05, 3.63) is 28.5 Å². The molecule has 0 aliphatic heterocycles. The minimum absolute atomic E-state index is 0.609. The number of nitrogens with one attached hydrogen (secondary N) is 1. The smallest absolute Gasteiger partial charge is 0.145 e. The minimum Gasteiger partial charge on any atom is -0.354 e. The SMILES string of the molecule is Cc1nc(NN)cc(N(C)Cc2cscn2)n1. The van der Waals surface area contributed by atoms with Gasteiger partial charge in [-0.3, -0.25) is 0 Å². The molecular formula is C10H14N6S. The van der Waals surface area contributed by atoms with E-state index in [1.54, 1.807) is 17.4 Å². The first kappa shape index (κ1) is 11.7. The second-order valence-corrected chi connectivity index (χ2v) is 4.36. The summed E-state index contributed by atoms with van der Waals surface area (Å²) in [5, 5.41) is 2.02. The molecule has 7 heteroatoms. The molecule has 0 saturated heterocycles. The molecular weight excluding hydrogens is 236 g/mol. The number of rotatable bonds is 4. The molecule has 0 bridgehead atoms. The number of hydrazine groups is 1. The van der Waals surface area contributed by atoms with Gasteiger partial charge in [0.25, 0.3) is 0 Å². The Labute approximate surface area is 104 Å². The van der Waals surface area contributed by atoms with Crippen LogP contribution in [0.25, 0.3) is 0 Å². The van der Waals surface area contributed by atoms with Crippen LogP contribution in [0.3, 0.4) is 0 Å². The Kier molecular flexibility index (Phi) is 3.50. The molecule has 6 nitrogen and oxygen atoms in total. The number of nitrogen functional groups attached to an aromatic ring is 1. The average Bonchev–Trinajstić information content (AvgIpc) is 2.81. The summed E-state index contributed by atoms with van der Waals surface area (Å²) in [5.41, 5.74) is 5.38. The van der Waals surface area contributed by atoms with E-state index < -0.39 is 0 Å². The number of hydrogen-bond acceptors (Lipinski definition) is 7. The molecule has 17 heavy (non-hydrogen) atoms. The summed E-state index contributed by atoms with van der Waals surface area (Å²) in [6, 6.07) is 1.80. The van der Waals surface area contributed by atoms with Crippen molar-refractivity contribution in [1.29, 1.82) is 0 Å². The molecule has 0 aliphatic rings. The maximum atomic E-state index is 5.35. The van der Waals surface area contributed by atoms with Crippen LogP contribution < -0.4 is 16.2 Å². The number of aryl methyl sites for hydroxylation is 1. The first-order valence-corrected chi connectivity index (χ1v) is 6.04. The Morgan fingerprint density at radius 3 is 2.94 bits per heavy atom. The summed E-state index contributed by atoms with van der Waals surface area (Å²) in [6.45, 7) is 2.55. The maximum absolute atomic E-state index is 5.35. The van der Waals surface area contributed by atoms with Crippen LogP contribution in [-0.4, -0.2) is 22.0 Å². The predicted octanol–water partition coefficient (Wildman–Crippen LogP) is 1.16. The fraction of sp³-hybridized carbons (Fsp3) is 0.300. The molecule has 2 aromatic heterocycles. The standard InChI is InChI=1S/C10H14N6S/c1-7-13-9(15-11)3-10(14-7)16(2)4-8-5-17-6-12-8/h3,5-6H,4,11H2,1-2H3,(H,13,14,15). The van der Waals surface area contributed by atoms with Crippen LogP contribution in [0.1, 0.15) is 11.5 Å². The second kappa shape index (κ2) is 5.07. The van der Waals surface area contributed by atoms with Crippen molar-refractivity contribution >= 4 is 23.0 Å². The first-order chi connectivity index (χ1) is 8.19. The fourth-order valence-corrected chi connectivity index (χ4v) is 2.01. The largest absolute Gasteiger partial charge is 0.354 e. The van der Waals surface area contributed by atoms with Gasteiger partial charge in [0.15, 0.2) is 0 Å². The molecule has 3 N–H and O–H groups in total. The van der Waals surface area contributed by atoms with Crippen molar-refractivity contribution in [3.8, 4) is 0 Å². The molecule has 0 radical (unpaired) electrons. The highest BCUT2D eigenvalue weighted by Gasteiger charge is 2.07. The molecule has 0 aliphatic carbocycles. The summed E-state index contributed by atoms with van der Waals surface area (Å²) < 4.78 is 0. The van der Waals surface area contributed by atoms with Crippen LogP contribution in [0.5, 0.6) is 0 Å². The lowest BCUT2D eigenvalue weighted by atomic mass is 10.4. The van der Waals surface area contributed by atoms with Gasteiger partial charge in [0.2, 0.25) is 0 Å². The molecule has 0 atom stereocenters. The van der Waals surface area contributed by atoms with Crippen LogP contribution in [-0.2, 0) is 6.54 Å². The lowest BCUT2D eigenvalue weighted by Gasteiger charge is -2.17. The highest BCUT2D eigenvalue weighted by Crippen LogP contribution is 2.16. The van der Waals surface area contributed by atoms with Crippen molar-refractivity contribution in [2.45, 2.75) is 13.5 Å². The number of thiazole rings is 1.